The number of hydrogen-bond acceptors (Lipinski definition) is 4. The molecule has 0 amide bonds. The molecule has 17 heavy (non-hydrogen) atoms. The van der Waals surface area contributed by atoms with E-state index in [-0.39, 0.29) is 5.56 Å². The monoisotopic (exact) mass is 227 g/mol. The minimum Gasteiger partial charge on any atom is -0.496 e. The number of nitrogens with one attached hydrogen (secondary N) is 1. The highest BCUT2D eigenvalue weighted by molar-refractivity contribution is 5.71. The van der Waals surface area contributed by atoms with Gasteiger partial charge >= 0.3 is 0 Å². The highest BCUT2D eigenvalue weighted by Gasteiger charge is 2.07. The Morgan fingerprint density at radius 3 is 2.88 bits per heavy atom. The molecule has 0 radical (unpaired) electrons. The van der Waals surface area contributed by atoms with Gasteiger partial charge in [-0.1, -0.05) is 0 Å². The molecule has 0 aliphatic carbocycles. The maximum atomic E-state index is 11.2. The van der Waals surface area contributed by atoms with Gasteiger partial charge in [-0.3, -0.25) is 4.79 Å². The molecule has 0 saturated carbocycles. The SMILES string of the molecule is COc1ccc(C#N)cc1-c1cn[nH]c(=O)c1. The van der Waals surface area contributed by atoms with Crippen LogP contribution in [0.25, 0.3) is 11.1 Å². The van der Waals surface area contributed by atoms with E-state index in [1.165, 1.54) is 19.4 Å². The van der Waals surface area contributed by atoms with E-state index in [9.17, 15) is 4.79 Å². The summed E-state index contributed by atoms with van der Waals surface area (Å²) in [5.74, 6) is 0.594. The first-order valence-electron chi connectivity index (χ1n) is 4.88. The minimum atomic E-state index is -0.299. The van der Waals surface area contributed by atoms with Crippen molar-refractivity contribution in [3.8, 4) is 22.9 Å². The summed E-state index contributed by atoms with van der Waals surface area (Å²) < 4.78 is 5.19. The van der Waals surface area contributed by atoms with Crippen LogP contribution >= 0.6 is 0 Å². The predicted molar refractivity (Wildman–Crippen MR) is 61.6 cm³/mol. The average molecular weight is 227 g/mol. The van der Waals surface area contributed by atoms with Crippen LogP contribution in [-0.4, -0.2) is 17.3 Å². The van der Waals surface area contributed by atoms with Crippen LogP contribution in [0, 0.1) is 11.3 Å². The lowest BCUT2D eigenvalue weighted by atomic mass is 10.0. The van der Waals surface area contributed by atoms with E-state index in [0.717, 1.165) is 0 Å². The average Bonchev–Trinajstić information content (AvgIpc) is 2.38. The fourth-order valence-corrected chi connectivity index (χ4v) is 1.53. The van der Waals surface area contributed by atoms with Crippen LogP contribution in [0.2, 0.25) is 0 Å². The zero-order valence-electron chi connectivity index (χ0n) is 9.10. The first-order valence-corrected chi connectivity index (χ1v) is 4.88. The van der Waals surface area contributed by atoms with E-state index in [0.29, 0.717) is 22.4 Å². The number of rotatable bonds is 2. The molecule has 2 rings (SSSR count). The van der Waals surface area contributed by atoms with Gasteiger partial charge < -0.3 is 4.74 Å². The number of nitriles is 1. The molecule has 0 spiro atoms. The summed E-state index contributed by atoms with van der Waals surface area (Å²) in [6.07, 6.45) is 1.51. The first kappa shape index (κ1) is 10.9. The highest BCUT2D eigenvalue weighted by Crippen LogP contribution is 2.29. The molecule has 0 atom stereocenters. The molecule has 0 aliphatic rings. The summed E-state index contributed by atoms with van der Waals surface area (Å²) >= 11 is 0. The van der Waals surface area contributed by atoms with E-state index in [4.69, 9.17) is 10.00 Å². The smallest absolute Gasteiger partial charge is 0.264 e. The van der Waals surface area contributed by atoms with Crippen LogP contribution in [0.15, 0.2) is 35.3 Å². The quantitative estimate of drug-likeness (QED) is 0.839. The molecule has 5 heteroatoms. The van der Waals surface area contributed by atoms with Crippen molar-refractivity contribution >= 4 is 0 Å². The van der Waals surface area contributed by atoms with Crippen molar-refractivity contribution in [3.05, 3.63) is 46.4 Å². The fraction of sp³-hybridized carbons (Fsp3) is 0.0833. The lowest BCUT2D eigenvalue weighted by molar-refractivity contribution is 0.416. The minimum absolute atomic E-state index is 0.299. The van der Waals surface area contributed by atoms with Crippen LogP contribution in [0.5, 0.6) is 5.75 Å². The van der Waals surface area contributed by atoms with Crippen LogP contribution in [-0.2, 0) is 0 Å². The van der Waals surface area contributed by atoms with Gasteiger partial charge in [-0.25, -0.2) is 5.10 Å². The van der Waals surface area contributed by atoms with Crippen molar-refractivity contribution in [2.24, 2.45) is 0 Å². The molecule has 2 aromatic rings. The molecular formula is C12H9N3O2. The summed E-state index contributed by atoms with van der Waals surface area (Å²) in [5, 5.41) is 14.9. The Bertz CT molecular complexity index is 641. The molecule has 1 aromatic heterocycles. The molecule has 0 fully saturated rings. The second-order valence-corrected chi connectivity index (χ2v) is 3.36. The Hall–Kier alpha value is -2.61. The van der Waals surface area contributed by atoms with Gasteiger partial charge in [0.1, 0.15) is 5.75 Å². The third kappa shape index (κ3) is 2.16. The molecular weight excluding hydrogens is 218 g/mol. The van der Waals surface area contributed by atoms with Gasteiger partial charge in [0.15, 0.2) is 0 Å². The van der Waals surface area contributed by atoms with Crippen molar-refractivity contribution < 1.29 is 4.74 Å². The van der Waals surface area contributed by atoms with Gasteiger partial charge in [-0.05, 0) is 18.2 Å². The van der Waals surface area contributed by atoms with Crippen molar-refractivity contribution in [1.82, 2.24) is 10.2 Å². The molecule has 84 valence electrons. The molecule has 0 saturated heterocycles. The van der Waals surface area contributed by atoms with Gasteiger partial charge in [-0.2, -0.15) is 10.4 Å². The van der Waals surface area contributed by atoms with E-state index < -0.39 is 0 Å². The molecule has 0 aliphatic heterocycles. The predicted octanol–water partition coefficient (Wildman–Crippen LogP) is 1.32. The number of benzene rings is 1. The standard InChI is InChI=1S/C12H9N3O2/c1-17-11-3-2-8(6-13)4-10(11)9-5-12(16)15-14-7-9/h2-5,7H,1H3,(H,15,16). The Kier molecular flexibility index (Phi) is 2.88. The largest absolute Gasteiger partial charge is 0.496 e. The Morgan fingerprint density at radius 1 is 1.41 bits per heavy atom. The summed E-state index contributed by atoms with van der Waals surface area (Å²) in [6.45, 7) is 0. The van der Waals surface area contributed by atoms with Crippen LogP contribution in [0.4, 0.5) is 0 Å². The Morgan fingerprint density at radius 2 is 2.24 bits per heavy atom. The van der Waals surface area contributed by atoms with Crippen molar-refractivity contribution in [2.45, 2.75) is 0 Å². The number of ether oxygens (including phenoxy) is 1. The number of H-pyrrole nitrogens is 1. The summed E-state index contributed by atoms with van der Waals surface area (Å²) in [4.78, 5) is 11.2. The molecule has 0 bridgehead atoms. The fourth-order valence-electron chi connectivity index (χ4n) is 1.53. The second kappa shape index (κ2) is 4.49. The number of hydrogen-bond donors (Lipinski definition) is 1. The lowest BCUT2D eigenvalue weighted by Gasteiger charge is -2.07. The van der Waals surface area contributed by atoms with Gasteiger partial charge in [0.2, 0.25) is 0 Å². The van der Waals surface area contributed by atoms with E-state index in [1.807, 2.05) is 6.07 Å². The molecule has 1 heterocycles. The summed E-state index contributed by atoms with van der Waals surface area (Å²) in [6, 6.07) is 8.46. The van der Waals surface area contributed by atoms with Gasteiger partial charge in [0.05, 0.1) is 24.9 Å². The zero-order chi connectivity index (χ0) is 12.3. The van der Waals surface area contributed by atoms with Crippen molar-refractivity contribution in [1.29, 1.82) is 5.26 Å². The molecule has 1 N–H and O–H groups in total. The third-order valence-corrected chi connectivity index (χ3v) is 2.30. The van der Waals surface area contributed by atoms with Gasteiger partial charge in [0, 0.05) is 17.2 Å². The zero-order valence-corrected chi connectivity index (χ0v) is 9.10. The van der Waals surface area contributed by atoms with Gasteiger partial charge in [-0.15, -0.1) is 0 Å². The van der Waals surface area contributed by atoms with E-state index in [1.54, 1.807) is 18.2 Å². The Labute approximate surface area is 97.3 Å². The maximum Gasteiger partial charge on any atom is 0.264 e. The molecule has 1 aromatic carbocycles. The Balaban J connectivity index is 2.65. The topological polar surface area (TPSA) is 78.8 Å². The lowest BCUT2D eigenvalue weighted by Crippen LogP contribution is -2.05. The maximum absolute atomic E-state index is 11.2. The van der Waals surface area contributed by atoms with Gasteiger partial charge in [0.25, 0.3) is 5.56 Å². The number of aromatic nitrogens is 2. The van der Waals surface area contributed by atoms with E-state index in [2.05, 4.69) is 10.2 Å². The number of nitrogens with zero attached hydrogens (tertiary/aromatic N) is 2. The van der Waals surface area contributed by atoms with Crippen molar-refractivity contribution in [2.75, 3.05) is 7.11 Å². The first-order chi connectivity index (χ1) is 8.24. The number of aromatic amines is 1. The van der Waals surface area contributed by atoms with E-state index >= 15 is 0 Å². The van der Waals surface area contributed by atoms with Crippen LogP contribution < -0.4 is 10.3 Å². The summed E-state index contributed by atoms with van der Waals surface area (Å²) in [7, 11) is 1.53. The normalized spacial score (nSPS) is 9.65. The highest BCUT2D eigenvalue weighted by atomic mass is 16.5. The molecule has 0 unspecified atom stereocenters. The van der Waals surface area contributed by atoms with Crippen molar-refractivity contribution in [3.63, 3.8) is 0 Å². The third-order valence-electron chi connectivity index (χ3n) is 2.30. The second-order valence-electron chi connectivity index (χ2n) is 3.36. The molecule has 5 nitrogen and oxygen atoms in total. The van der Waals surface area contributed by atoms with Crippen LogP contribution in [0.3, 0.4) is 0 Å². The number of methoxy groups -OCH3 is 1. The van der Waals surface area contributed by atoms with Crippen LogP contribution in [0.1, 0.15) is 5.56 Å². The summed E-state index contributed by atoms with van der Waals surface area (Å²) in [5.41, 5.74) is 1.49.